The lowest BCUT2D eigenvalue weighted by atomic mass is 10.0. The van der Waals surface area contributed by atoms with Crippen LogP contribution in [0.15, 0.2) is 35.2 Å². The third-order valence-corrected chi connectivity index (χ3v) is 7.66. The molecule has 2 aliphatic heterocycles. The van der Waals surface area contributed by atoms with Gasteiger partial charge in [0, 0.05) is 31.8 Å². The van der Waals surface area contributed by atoms with Crippen molar-refractivity contribution in [2.45, 2.75) is 49.1 Å². The molecule has 1 aromatic carbocycles. The first-order chi connectivity index (χ1) is 12.6. The number of likely N-dealkylation sites (tertiary alicyclic amines) is 1. The molecular weight excluding hydrogens is 352 g/mol. The summed E-state index contributed by atoms with van der Waals surface area (Å²) in [5.41, 5.74) is 0. The molecule has 1 amide bonds. The van der Waals surface area contributed by atoms with Gasteiger partial charge in [0.25, 0.3) is 0 Å². The van der Waals surface area contributed by atoms with Crippen LogP contribution in [-0.2, 0) is 19.6 Å². The van der Waals surface area contributed by atoms with Crippen LogP contribution < -0.4 is 0 Å². The number of benzene rings is 1. The van der Waals surface area contributed by atoms with Crippen molar-refractivity contribution in [3.63, 3.8) is 0 Å². The molecule has 0 aromatic heterocycles. The second-order valence-electron chi connectivity index (χ2n) is 7.50. The highest BCUT2D eigenvalue weighted by Gasteiger charge is 2.44. The fourth-order valence-corrected chi connectivity index (χ4v) is 6.01. The van der Waals surface area contributed by atoms with Gasteiger partial charge in [0.2, 0.25) is 15.9 Å². The highest BCUT2D eigenvalue weighted by Crippen LogP contribution is 2.36. The Morgan fingerprint density at radius 1 is 1.00 bits per heavy atom. The Balaban J connectivity index is 1.45. The Hall–Kier alpha value is -1.44. The fourth-order valence-electron chi connectivity index (χ4n) is 4.06. The summed E-state index contributed by atoms with van der Waals surface area (Å²) in [6, 6.07) is 8.81. The van der Waals surface area contributed by atoms with E-state index in [4.69, 9.17) is 4.74 Å². The summed E-state index contributed by atoms with van der Waals surface area (Å²) >= 11 is 0. The van der Waals surface area contributed by atoms with Gasteiger partial charge in [-0.05, 0) is 44.2 Å². The van der Waals surface area contributed by atoms with Crippen LogP contribution in [0.3, 0.4) is 0 Å². The summed E-state index contributed by atoms with van der Waals surface area (Å²) in [4.78, 5) is 14.8. The van der Waals surface area contributed by atoms with Crippen molar-refractivity contribution in [3.8, 4) is 0 Å². The number of nitrogens with zero attached hydrogens (tertiary/aromatic N) is 2. The number of ether oxygens (including phenoxy) is 1. The van der Waals surface area contributed by atoms with Crippen molar-refractivity contribution in [1.82, 2.24) is 9.21 Å². The Kier molecular flexibility index (Phi) is 5.03. The van der Waals surface area contributed by atoms with E-state index in [0.717, 1.165) is 19.3 Å². The third-order valence-electron chi connectivity index (χ3n) is 5.64. The minimum absolute atomic E-state index is 0.0147. The summed E-state index contributed by atoms with van der Waals surface area (Å²) < 4.78 is 33.4. The molecule has 1 aromatic rings. The molecule has 4 rings (SSSR count). The summed E-state index contributed by atoms with van der Waals surface area (Å²) in [5.74, 6) is 0.156. The van der Waals surface area contributed by atoms with E-state index in [1.807, 2.05) is 11.0 Å². The molecule has 7 heteroatoms. The zero-order chi connectivity index (χ0) is 18.1. The largest absolute Gasteiger partial charge is 0.381 e. The molecule has 2 saturated heterocycles. The van der Waals surface area contributed by atoms with Gasteiger partial charge >= 0.3 is 0 Å². The van der Waals surface area contributed by atoms with Crippen LogP contribution in [0.1, 0.15) is 32.1 Å². The van der Waals surface area contributed by atoms with Crippen LogP contribution in [0.5, 0.6) is 0 Å². The van der Waals surface area contributed by atoms with Crippen molar-refractivity contribution in [2.24, 2.45) is 5.92 Å². The van der Waals surface area contributed by atoms with Crippen molar-refractivity contribution >= 4 is 15.9 Å². The first-order valence-electron chi connectivity index (χ1n) is 9.52. The monoisotopic (exact) mass is 378 g/mol. The van der Waals surface area contributed by atoms with Crippen molar-refractivity contribution in [1.29, 1.82) is 0 Å². The number of piperidine rings is 1. The first kappa shape index (κ1) is 17.9. The van der Waals surface area contributed by atoms with Gasteiger partial charge in [-0.3, -0.25) is 4.79 Å². The van der Waals surface area contributed by atoms with Crippen LogP contribution in [0, 0.1) is 5.92 Å². The Labute approximate surface area is 155 Å². The number of hydrogen-bond donors (Lipinski definition) is 0. The molecule has 0 bridgehead atoms. The molecule has 0 radical (unpaired) electrons. The standard InChI is InChI=1S/C19H26N2O4S/c22-19(15-10-13-25-14-15)20-11-8-17(9-12-20)21(16-6-7-16)26(23,24)18-4-2-1-3-5-18/h1-5,15-17H,6-14H2/t15-/m0/s1. The third kappa shape index (κ3) is 3.52. The minimum atomic E-state index is -3.48. The maximum absolute atomic E-state index is 13.2. The predicted octanol–water partition coefficient (Wildman–Crippen LogP) is 1.87. The molecule has 0 N–H and O–H groups in total. The molecule has 3 aliphatic rings. The number of rotatable bonds is 5. The van der Waals surface area contributed by atoms with Gasteiger partial charge in [0.05, 0.1) is 17.4 Å². The van der Waals surface area contributed by atoms with Gasteiger partial charge < -0.3 is 9.64 Å². The lowest BCUT2D eigenvalue weighted by molar-refractivity contribution is -0.136. The van der Waals surface area contributed by atoms with Crippen LogP contribution in [0.4, 0.5) is 0 Å². The Bertz CT molecular complexity index is 734. The summed E-state index contributed by atoms with van der Waals surface area (Å²) in [6.45, 7) is 2.45. The lowest BCUT2D eigenvalue weighted by Crippen LogP contribution is -2.50. The van der Waals surface area contributed by atoms with E-state index in [1.165, 1.54) is 0 Å². The van der Waals surface area contributed by atoms with E-state index in [9.17, 15) is 13.2 Å². The van der Waals surface area contributed by atoms with E-state index in [2.05, 4.69) is 0 Å². The molecule has 1 atom stereocenters. The highest BCUT2D eigenvalue weighted by molar-refractivity contribution is 7.89. The maximum Gasteiger partial charge on any atom is 0.243 e. The quantitative estimate of drug-likeness (QED) is 0.784. The number of amides is 1. The summed E-state index contributed by atoms with van der Waals surface area (Å²) in [5, 5.41) is 0. The fraction of sp³-hybridized carbons (Fsp3) is 0.632. The SMILES string of the molecule is O=C([C@H]1CCOC1)N1CCC(N(C2CC2)S(=O)(=O)c2ccccc2)CC1. The van der Waals surface area contributed by atoms with Gasteiger partial charge in [0.1, 0.15) is 0 Å². The predicted molar refractivity (Wildman–Crippen MR) is 97.0 cm³/mol. The normalized spacial score (nSPS) is 25.0. The molecule has 2 heterocycles. The molecule has 0 unspecified atom stereocenters. The van der Waals surface area contributed by atoms with Crippen LogP contribution in [0.2, 0.25) is 0 Å². The second-order valence-corrected chi connectivity index (χ2v) is 9.34. The van der Waals surface area contributed by atoms with Crippen molar-refractivity contribution in [2.75, 3.05) is 26.3 Å². The molecule has 26 heavy (non-hydrogen) atoms. The van der Waals surface area contributed by atoms with Gasteiger partial charge in [-0.25, -0.2) is 8.42 Å². The molecule has 142 valence electrons. The number of carbonyl (C=O) groups excluding carboxylic acids is 1. The zero-order valence-electron chi connectivity index (χ0n) is 14.9. The molecule has 1 saturated carbocycles. The lowest BCUT2D eigenvalue weighted by Gasteiger charge is -2.38. The molecule has 1 aliphatic carbocycles. The second kappa shape index (κ2) is 7.29. The number of sulfonamides is 1. The van der Waals surface area contributed by atoms with Crippen LogP contribution in [0.25, 0.3) is 0 Å². The molecule has 3 fully saturated rings. The first-order valence-corrected chi connectivity index (χ1v) is 11.0. The molecular formula is C19H26N2O4S. The zero-order valence-corrected chi connectivity index (χ0v) is 15.7. The van der Waals surface area contributed by atoms with Crippen LogP contribution >= 0.6 is 0 Å². The number of hydrogen-bond acceptors (Lipinski definition) is 4. The topological polar surface area (TPSA) is 66.9 Å². The Morgan fingerprint density at radius 3 is 2.23 bits per heavy atom. The van der Waals surface area contributed by atoms with E-state index in [-0.39, 0.29) is 23.9 Å². The number of carbonyl (C=O) groups is 1. The average Bonchev–Trinajstić information content (AvgIpc) is 3.33. The average molecular weight is 378 g/mol. The van der Waals surface area contributed by atoms with E-state index in [0.29, 0.717) is 44.0 Å². The van der Waals surface area contributed by atoms with E-state index >= 15 is 0 Å². The Morgan fingerprint density at radius 2 is 1.65 bits per heavy atom. The van der Waals surface area contributed by atoms with Crippen LogP contribution in [-0.4, -0.2) is 61.9 Å². The van der Waals surface area contributed by atoms with E-state index in [1.54, 1.807) is 28.6 Å². The minimum Gasteiger partial charge on any atom is -0.381 e. The smallest absolute Gasteiger partial charge is 0.243 e. The van der Waals surface area contributed by atoms with Crippen molar-refractivity contribution < 1.29 is 17.9 Å². The van der Waals surface area contributed by atoms with E-state index < -0.39 is 10.0 Å². The maximum atomic E-state index is 13.2. The molecule has 0 spiro atoms. The van der Waals surface area contributed by atoms with Gasteiger partial charge in [-0.15, -0.1) is 0 Å². The highest BCUT2D eigenvalue weighted by atomic mass is 32.2. The molecule has 6 nitrogen and oxygen atoms in total. The summed E-state index contributed by atoms with van der Waals surface area (Å²) in [6.07, 6.45) is 4.09. The van der Waals surface area contributed by atoms with Gasteiger partial charge in [-0.1, -0.05) is 18.2 Å². The van der Waals surface area contributed by atoms with Gasteiger partial charge in [-0.2, -0.15) is 4.31 Å². The summed E-state index contributed by atoms with van der Waals surface area (Å²) in [7, 11) is -3.48. The van der Waals surface area contributed by atoms with Crippen molar-refractivity contribution in [3.05, 3.63) is 30.3 Å². The van der Waals surface area contributed by atoms with Gasteiger partial charge in [0.15, 0.2) is 0 Å².